The Bertz CT molecular complexity index is 378. The highest BCUT2D eigenvalue weighted by molar-refractivity contribution is 7.86. The lowest BCUT2D eigenvalue weighted by Crippen LogP contribution is -2.45. The van der Waals surface area contributed by atoms with Gasteiger partial charge in [0.2, 0.25) is 0 Å². The summed E-state index contributed by atoms with van der Waals surface area (Å²) in [4.78, 5) is 0. The van der Waals surface area contributed by atoms with Crippen molar-refractivity contribution in [2.24, 2.45) is 5.41 Å². The molecule has 0 amide bonds. The SMILES string of the molecule is CCN(CC)S(=O)(=O)N1CCC2(CCNCC2)C1.Cl. The van der Waals surface area contributed by atoms with E-state index in [1.807, 2.05) is 13.8 Å². The Morgan fingerprint density at radius 1 is 1.16 bits per heavy atom. The molecule has 0 aromatic rings. The van der Waals surface area contributed by atoms with Crippen molar-refractivity contribution in [1.82, 2.24) is 13.9 Å². The average Bonchev–Trinajstić information content (AvgIpc) is 2.76. The van der Waals surface area contributed by atoms with E-state index in [0.29, 0.717) is 26.2 Å². The summed E-state index contributed by atoms with van der Waals surface area (Å²) in [5.74, 6) is 0. The van der Waals surface area contributed by atoms with E-state index in [4.69, 9.17) is 0 Å². The first-order chi connectivity index (χ1) is 8.54. The van der Waals surface area contributed by atoms with Gasteiger partial charge in [0.15, 0.2) is 0 Å². The molecule has 5 nitrogen and oxygen atoms in total. The van der Waals surface area contributed by atoms with Crippen LogP contribution in [0.25, 0.3) is 0 Å². The van der Waals surface area contributed by atoms with Gasteiger partial charge in [0.05, 0.1) is 0 Å². The highest BCUT2D eigenvalue weighted by Crippen LogP contribution is 2.39. The lowest BCUT2D eigenvalue weighted by Gasteiger charge is -2.34. The fraction of sp³-hybridized carbons (Fsp3) is 1.00. The first-order valence-electron chi connectivity index (χ1n) is 7.00. The normalized spacial score (nSPS) is 23.7. The van der Waals surface area contributed by atoms with Crippen LogP contribution in [-0.4, -0.2) is 56.3 Å². The molecule has 0 aromatic heterocycles. The summed E-state index contributed by atoms with van der Waals surface area (Å²) in [6.45, 7) is 8.38. The molecule has 114 valence electrons. The molecule has 19 heavy (non-hydrogen) atoms. The number of hydrogen-bond acceptors (Lipinski definition) is 3. The molecule has 2 aliphatic heterocycles. The summed E-state index contributed by atoms with van der Waals surface area (Å²) in [5, 5.41) is 3.36. The Labute approximate surface area is 123 Å². The molecule has 0 saturated carbocycles. The van der Waals surface area contributed by atoms with Crippen LogP contribution < -0.4 is 5.32 Å². The van der Waals surface area contributed by atoms with Crippen LogP contribution in [0.2, 0.25) is 0 Å². The lowest BCUT2D eigenvalue weighted by atomic mass is 9.78. The Morgan fingerprint density at radius 3 is 2.26 bits per heavy atom. The van der Waals surface area contributed by atoms with Crippen molar-refractivity contribution in [2.75, 3.05) is 39.3 Å². The van der Waals surface area contributed by atoms with Crippen molar-refractivity contribution in [3.05, 3.63) is 0 Å². The molecule has 0 aliphatic carbocycles. The van der Waals surface area contributed by atoms with Gasteiger partial charge in [-0.3, -0.25) is 0 Å². The second-order valence-electron chi connectivity index (χ2n) is 5.43. The lowest BCUT2D eigenvalue weighted by molar-refractivity contribution is 0.216. The van der Waals surface area contributed by atoms with Crippen LogP contribution in [0.5, 0.6) is 0 Å². The van der Waals surface area contributed by atoms with Gasteiger partial charge < -0.3 is 5.32 Å². The second kappa shape index (κ2) is 6.72. The summed E-state index contributed by atoms with van der Waals surface area (Å²) in [6, 6.07) is 0. The van der Waals surface area contributed by atoms with Crippen molar-refractivity contribution < 1.29 is 8.42 Å². The molecule has 0 aromatic carbocycles. The van der Waals surface area contributed by atoms with E-state index in [2.05, 4.69) is 5.32 Å². The maximum Gasteiger partial charge on any atom is 0.281 e. The third-order valence-electron chi connectivity index (χ3n) is 4.43. The van der Waals surface area contributed by atoms with Gasteiger partial charge in [-0.2, -0.15) is 17.0 Å². The van der Waals surface area contributed by atoms with E-state index in [1.54, 1.807) is 8.61 Å². The second-order valence-corrected chi connectivity index (χ2v) is 7.35. The number of piperidine rings is 1. The molecule has 0 atom stereocenters. The van der Waals surface area contributed by atoms with Crippen LogP contribution in [0.1, 0.15) is 33.1 Å². The molecule has 2 saturated heterocycles. The van der Waals surface area contributed by atoms with Gasteiger partial charge >= 0.3 is 0 Å². The van der Waals surface area contributed by atoms with Gasteiger partial charge in [-0.05, 0) is 37.8 Å². The van der Waals surface area contributed by atoms with E-state index in [-0.39, 0.29) is 17.8 Å². The quantitative estimate of drug-likeness (QED) is 0.845. The van der Waals surface area contributed by atoms with E-state index < -0.39 is 10.2 Å². The van der Waals surface area contributed by atoms with Crippen molar-refractivity contribution in [2.45, 2.75) is 33.1 Å². The molecule has 2 heterocycles. The largest absolute Gasteiger partial charge is 0.317 e. The maximum absolute atomic E-state index is 12.5. The molecule has 7 heteroatoms. The number of nitrogens with one attached hydrogen (secondary N) is 1. The maximum atomic E-state index is 12.5. The molecule has 1 N–H and O–H groups in total. The van der Waals surface area contributed by atoms with Crippen LogP contribution in [0.3, 0.4) is 0 Å². The minimum atomic E-state index is -3.23. The van der Waals surface area contributed by atoms with E-state index in [1.165, 1.54) is 0 Å². The average molecular weight is 312 g/mol. The zero-order valence-corrected chi connectivity index (χ0v) is 13.5. The Balaban J connectivity index is 0.00000180. The minimum absolute atomic E-state index is 0. The number of nitrogens with zero attached hydrogens (tertiary/aromatic N) is 2. The summed E-state index contributed by atoms with van der Waals surface area (Å²) in [6.07, 6.45) is 3.24. The summed E-state index contributed by atoms with van der Waals surface area (Å²) in [7, 11) is -3.23. The van der Waals surface area contributed by atoms with Gasteiger partial charge in [0, 0.05) is 26.2 Å². The molecule has 0 unspecified atom stereocenters. The Morgan fingerprint density at radius 2 is 1.74 bits per heavy atom. The minimum Gasteiger partial charge on any atom is -0.317 e. The van der Waals surface area contributed by atoms with E-state index in [0.717, 1.165) is 32.4 Å². The highest BCUT2D eigenvalue weighted by Gasteiger charge is 2.44. The molecule has 2 aliphatic rings. The molecule has 2 fully saturated rings. The smallest absolute Gasteiger partial charge is 0.281 e. The summed E-state index contributed by atoms with van der Waals surface area (Å²) in [5.41, 5.74) is 0.242. The fourth-order valence-electron chi connectivity index (χ4n) is 3.17. The Hall–Kier alpha value is 0.120. The molecule has 0 bridgehead atoms. The van der Waals surface area contributed by atoms with Gasteiger partial charge in [0.25, 0.3) is 10.2 Å². The number of halogens is 1. The van der Waals surface area contributed by atoms with Crippen molar-refractivity contribution >= 4 is 22.6 Å². The zero-order valence-electron chi connectivity index (χ0n) is 11.9. The van der Waals surface area contributed by atoms with Crippen LogP contribution >= 0.6 is 12.4 Å². The molecule has 0 radical (unpaired) electrons. The first-order valence-corrected chi connectivity index (χ1v) is 8.40. The molecular weight excluding hydrogens is 286 g/mol. The Kier molecular flexibility index (Phi) is 6.07. The predicted octanol–water partition coefficient (Wildman–Crippen LogP) is 1.07. The highest BCUT2D eigenvalue weighted by atomic mass is 35.5. The van der Waals surface area contributed by atoms with Crippen molar-refractivity contribution in [3.63, 3.8) is 0 Å². The number of hydrogen-bond donors (Lipinski definition) is 1. The van der Waals surface area contributed by atoms with Gasteiger partial charge in [-0.25, -0.2) is 0 Å². The van der Waals surface area contributed by atoms with Crippen molar-refractivity contribution in [3.8, 4) is 0 Å². The van der Waals surface area contributed by atoms with E-state index in [9.17, 15) is 8.42 Å². The zero-order chi connectivity index (χ0) is 13.2. The topological polar surface area (TPSA) is 52.7 Å². The molecule has 1 spiro atoms. The molecule has 2 rings (SSSR count). The standard InChI is InChI=1S/C12H25N3O2S.ClH/c1-3-14(4-2)18(16,17)15-10-7-12(11-15)5-8-13-9-6-12;/h13H,3-11H2,1-2H3;1H. The number of rotatable bonds is 4. The van der Waals surface area contributed by atoms with Gasteiger partial charge in [0.1, 0.15) is 0 Å². The summed E-state index contributed by atoms with van der Waals surface area (Å²) < 4.78 is 28.2. The molecular formula is C12H26ClN3O2S. The fourth-order valence-corrected chi connectivity index (χ4v) is 4.91. The van der Waals surface area contributed by atoms with Crippen molar-refractivity contribution in [1.29, 1.82) is 0 Å². The predicted molar refractivity (Wildman–Crippen MR) is 79.8 cm³/mol. The van der Waals surface area contributed by atoms with Gasteiger partial charge in [-0.1, -0.05) is 13.8 Å². The van der Waals surface area contributed by atoms with Crippen LogP contribution in [0.15, 0.2) is 0 Å². The van der Waals surface area contributed by atoms with E-state index >= 15 is 0 Å². The van der Waals surface area contributed by atoms with Crippen LogP contribution in [0.4, 0.5) is 0 Å². The summed E-state index contributed by atoms with van der Waals surface area (Å²) >= 11 is 0. The van der Waals surface area contributed by atoms with Gasteiger partial charge in [-0.15, -0.1) is 12.4 Å². The van der Waals surface area contributed by atoms with Crippen LogP contribution in [-0.2, 0) is 10.2 Å². The first kappa shape index (κ1) is 17.2. The third kappa shape index (κ3) is 3.42. The monoisotopic (exact) mass is 311 g/mol. The third-order valence-corrected chi connectivity index (χ3v) is 6.56. The van der Waals surface area contributed by atoms with Crippen LogP contribution in [0, 0.1) is 5.41 Å².